The summed E-state index contributed by atoms with van der Waals surface area (Å²) in [6.45, 7) is 1.32. The van der Waals surface area contributed by atoms with Crippen LogP contribution in [-0.2, 0) is 4.79 Å². The predicted molar refractivity (Wildman–Crippen MR) is 58.7 cm³/mol. The second-order valence-electron chi connectivity index (χ2n) is 3.13. The van der Waals surface area contributed by atoms with Gasteiger partial charge in [-0.1, -0.05) is 0 Å². The van der Waals surface area contributed by atoms with Crippen molar-refractivity contribution in [2.24, 2.45) is 0 Å². The molecule has 0 radical (unpaired) electrons. The van der Waals surface area contributed by atoms with Crippen molar-refractivity contribution < 1.29 is 19.4 Å². The number of nitrogens with one attached hydrogen (secondary N) is 1. The normalized spacial score (nSPS) is 9.62. The van der Waals surface area contributed by atoms with E-state index in [9.17, 15) is 9.59 Å². The summed E-state index contributed by atoms with van der Waals surface area (Å²) in [5.41, 5.74) is 5.83. The van der Waals surface area contributed by atoms with Crippen LogP contribution < -0.4 is 15.8 Å². The zero-order valence-electron chi connectivity index (χ0n) is 8.90. The maximum Gasteiger partial charge on any atom is 0.338 e. The molecule has 0 saturated carbocycles. The number of methoxy groups -OCH3 is 1. The quantitative estimate of drug-likeness (QED) is 0.663. The van der Waals surface area contributed by atoms with E-state index in [1.165, 1.54) is 26.2 Å². The highest BCUT2D eigenvalue weighted by Gasteiger charge is 2.14. The van der Waals surface area contributed by atoms with E-state index in [1.54, 1.807) is 0 Å². The smallest absolute Gasteiger partial charge is 0.338 e. The summed E-state index contributed by atoms with van der Waals surface area (Å²) in [6, 6.07) is 2.74. The van der Waals surface area contributed by atoms with E-state index in [-0.39, 0.29) is 22.9 Å². The largest absolute Gasteiger partial charge is 0.494 e. The minimum atomic E-state index is -1.18. The molecule has 0 aliphatic rings. The number of hydrogen-bond acceptors (Lipinski definition) is 4. The third-order valence-corrected chi connectivity index (χ3v) is 1.91. The van der Waals surface area contributed by atoms with E-state index in [0.717, 1.165) is 0 Å². The Balaban J connectivity index is 3.28. The first-order valence-corrected chi connectivity index (χ1v) is 4.44. The highest BCUT2D eigenvalue weighted by Crippen LogP contribution is 2.29. The molecule has 0 heterocycles. The molecule has 0 aliphatic carbocycles. The van der Waals surface area contributed by atoms with Gasteiger partial charge in [0.15, 0.2) is 0 Å². The van der Waals surface area contributed by atoms with Crippen molar-refractivity contribution in [1.29, 1.82) is 0 Å². The molecule has 1 amide bonds. The number of amides is 1. The van der Waals surface area contributed by atoms with E-state index in [0.29, 0.717) is 5.69 Å². The van der Waals surface area contributed by atoms with E-state index >= 15 is 0 Å². The topological polar surface area (TPSA) is 102 Å². The van der Waals surface area contributed by atoms with E-state index in [1.807, 2.05) is 0 Å². The Kier molecular flexibility index (Phi) is 3.34. The zero-order valence-corrected chi connectivity index (χ0v) is 8.90. The Morgan fingerprint density at radius 3 is 2.50 bits per heavy atom. The number of ether oxygens (including phenoxy) is 1. The van der Waals surface area contributed by atoms with Crippen LogP contribution in [0.1, 0.15) is 17.3 Å². The molecular formula is C10H12N2O4. The second-order valence-corrected chi connectivity index (χ2v) is 3.13. The van der Waals surface area contributed by atoms with Crippen LogP contribution in [0.4, 0.5) is 11.4 Å². The molecular weight excluding hydrogens is 212 g/mol. The number of carboxylic acid groups (broad SMARTS) is 1. The summed E-state index contributed by atoms with van der Waals surface area (Å²) in [7, 11) is 1.37. The van der Waals surface area contributed by atoms with Crippen molar-refractivity contribution >= 4 is 23.3 Å². The summed E-state index contributed by atoms with van der Waals surface area (Å²) in [5, 5.41) is 11.4. The Morgan fingerprint density at radius 2 is 2.06 bits per heavy atom. The summed E-state index contributed by atoms with van der Waals surface area (Å²) in [5.74, 6) is -1.27. The molecule has 0 unspecified atom stereocenters. The fraction of sp³-hybridized carbons (Fsp3) is 0.200. The molecule has 1 aromatic rings. The summed E-state index contributed by atoms with van der Waals surface area (Å²) in [4.78, 5) is 21.7. The number of carboxylic acids is 1. The van der Waals surface area contributed by atoms with Gasteiger partial charge in [-0.25, -0.2) is 4.79 Å². The SMILES string of the molecule is COc1cc(NC(C)=O)cc(C(=O)O)c1N. The average Bonchev–Trinajstić information content (AvgIpc) is 2.19. The molecule has 4 N–H and O–H groups in total. The molecule has 0 aromatic heterocycles. The van der Waals surface area contributed by atoms with Gasteiger partial charge in [0, 0.05) is 18.7 Å². The maximum atomic E-state index is 10.9. The van der Waals surface area contributed by atoms with Gasteiger partial charge in [0.2, 0.25) is 5.91 Å². The van der Waals surface area contributed by atoms with Crippen molar-refractivity contribution in [1.82, 2.24) is 0 Å². The number of benzene rings is 1. The lowest BCUT2D eigenvalue weighted by Crippen LogP contribution is -2.10. The van der Waals surface area contributed by atoms with Gasteiger partial charge in [0.05, 0.1) is 18.4 Å². The molecule has 6 heteroatoms. The lowest BCUT2D eigenvalue weighted by Gasteiger charge is -2.10. The third-order valence-electron chi connectivity index (χ3n) is 1.91. The molecule has 86 valence electrons. The fourth-order valence-corrected chi connectivity index (χ4v) is 1.25. The van der Waals surface area contributed by atoms with Gasteiger partial charge < -0.3 is 20.9 Å². The van der Waals surface area contributed by atoms with Crippen LogP contribution >= 0.6 is 0 Å². The Bertz CT molecular complexity index is 443. The fourth-order valence-electron chi connectivity index (χ4n) is 1.25. The molecule has 16 heavy (non-hydrogen) atoms. The van der Waals surface area contributed by atoms with E-state index in [4.69, 9.17) is 15.6 Å². The van der Waals surface area contributed by atoms with Crippen LogP contribution in [0.25, 0.3) is 0 Å². The number of rotatable bonds is 3. The highest BCUT2D eigenvalue weighted by atomic mass is 16.5. The van der Waals surface area contributed by atoms with Gasteiger partial charge in [-0.2, -0.15) is 0 Å². The molecule has 1 rings (SSSR count). The number of carbonyl (C=O) groups is 2. The van der Waals surface area contributed by atoms with Crippen LogP contribution in [0.15, 0.2) is 12.1 Å². The van der Waals surface area contributed by atoms with Gasteiger partial charge in [-0.05, 0) is 6.07 Å². The number of aromatic carboxylic acids is 1. The molecule has 0 atom stereocenters. The molecule has 0 fully saturated rings. The van der Waals surface area contributed by atoms with E-state index in [2.05, 4.69) is 5.32 Å². The second kappa shape index (κ2) is 4.52. The maximum absolute atomic E-state index is 10.9. The third kappa shape index (κ3) is 2.41. The lowest BCUT2D eigenvalue weighted by molar-refractivity contribution is -0.114. The highest BCUT2D eigenvalue weighted by molar-refractivity contribution is 5.98. The Hall–Kier alpha value is -2.24. The first kappa shape index (κ1) is 11.8. The van der Waals surface area contributed by atoms with Crippen LogP contribution in [0.2, 0.25) is 0 Å². The standard InChI is InChI=1S/C10H12N2O4/c1-5(13)12-6-3-7(10(14)15)9(11)8(4-6)16-2/h3-4H,11H2,1-2H3,(H,12,13)(H,14,15). The average molecular weight is 224 g/mol. The molecule has 0 aliphatic heterocycles. The van der Waals surface area contributed by atoms with Crippen molar-refractivity contribution in [3.63, 3.8) is 0 Å². The number of anilines is 2. The van der Waals surface area contributed by atoms with Gasteiger partial charge in [-0.15, -0.1) is 0 Å². The Morgan fingerprint density at radius 1 is 1.44 bits per heavy atom. The van der Waals surface area contributed by atoms with Crippen molar-refractivity contribution in [2.45, 2.75) is 6.92 Å². The zero-order chi connectivity index (χ0) is 12.3. The monoisotopic (exact) mass is 224 g/mol. The molecule has 0 spiro atoms. The molecule has 0 bridgehead atoms. The molecule has 1 aromatic carbocycles. The van der Waals surface area contributed by atoms with Gasteiger partial charge in [0.25, 0.3) is 0 Å². The summed E-state index contributed by atoms with van der Waals surface area (Å²) < 4.78 is 4.92. The van der Waals surface area contributed by atoms with Gasteiger partial charge >= 0.3 is 5.97 Å². The summed E-state index contributed by atoms with van der Waals surface area (Å²) in [6.07, 6.45) is 0. The first-order chi connectivity index (χ1) is 7.45. The minimum Gasteiger partial charge on any atom is -0.494 e. The van der Waals surface area contributed by atoms with Crippen molar-refractivity contribution in [3.05, 3.63) is 17.7 Å². The first-order valence-electron chi connectivity index (χ1n) is 4.44. The van der Waals surface area contributed by atoms with Crippen LogP contribution in [0, 0.1) is 0 Å². The number of carbonyl (C=O) groups excluding carboxylic acids is 1. The van der Waals surface area contributed by atoms with Gasteiger partial charge in [-0.3, -0.25) is 4.79 Å². The molecule has 0 saturated heterocycles. The minimum absolute atomic E-state index is 0.0316. The number of nitrogen functional groups attached to an aromatic ring is 1. The molecule has 6 nitrogen and oxygen atoms in total. The van der Waals surface area contributed by atoms with Crippen molar-refractivity contribution in [2.75, 3.05) is 18.2 Å². The van der Waals surface area contributed by atoms with Crippen molar-refractivity contribution in [3.8, 4) is 5.75 Å². The lowest BCUT2D eigenvalue weighted by atomic mass is 10.1. The number of nitrogens with two attached hydrogens (primary N) is 1. The predicted octanol–water partition coefficient (Wildman–Crippen LogP) is 0.934. The Labute approximate surface area is 92.0 Å². The van der Waals surface area contributed by atoms with Gasteiger partial charge in [0.1, 0.15) is 5.75 Å². The summed E-state index contributed by atoms with van der Waals surface area (Å²) >= 11 is 0. The van der Waals surface area contributed by atoms with Crippen LogP contribution in [0.3, 0.4) is 0 Å². The van der Waals surface area contributed by atoms with Crippen LogP contribution in [0.5, 0.6) is 5.75 Å². The number of hydrogen-bond donors (Lipinski definition) is 3. The van der Waals surface area contributed by atoms with E-state index < -0.39 is 5.97 Å². The van der Waals surface area contributed by atoms with Crippen LogP contribution in [-0.4, -0.2) is 24.1 Å².